The molecule has 1 atom stereocenters. The first kappa shape index (κ1) is 22.5. The number of halogens is 3. The van der Waals surface area contributed by atoms with Crippen molar-refractivity contribution in [3.63, 3.8) is 0 Å². The van der Waals surface area contributed by atoms with Crippen molar-refractivity contribution in [2.24, 2.45) is 5.41 Å². The molecule has 0 bridgehead atoms. The summed E-state index contributed by atoms with van der Waals surface area (Å²) < 4.78 is 46.0. The number of ether oxygens (including phenoxy) is 1. The Labute approximate surface area is 178 Å². The van der Waals surface area contributed by atoms with E-state index in [0.29, 0.717) is 24.6 Å². The number of carbonyl (C=O) groups is 2. The fraction of sp³-hybridized carbons (Fsp3) is 0.364. The van der Waals surface area contributed by atoms with Crippen LogP contribution >= 0.6 is 0 Å². The van der Waals surface area contributed by atoms with Crippen LogP contribution in [-0.2, 0) is 4.79 Å². The maximum Gasteiger partial charge on any atom is 0.412 e. The van der Waals surface area contributed by atoms with Crippen LogP contribution in [0.3, 0.4) is 0 Å². The monoisotopic (exact) mass is 435 g/mol. The second kappa shape index (κ2) is 8.49. The van der Waals surface area contributed by atoms with Crippen LogP contribution in [0.2, 0.25) is 0 Å². The summed E-state index contributed by atoms with van der Waals surface area (Å²) in [6.07, 6.45) is -4.67. The van der Waals surface area contributed by atoms with Crippen LogP contribution in [0.1, 0.15) is 32.4 Å². The number of urea groups is 1. The topological polar surface area (TPSA) is 70.7 Å². The zero-order valence-corrected chi connectivity index (χ0v) is 17.4. The molecule has 0 radical (unpaired) electrons. The van der Waals surface area contributed by atoms with E-state index in [9.17, 15) is 22.8 Å². The van der Waals surface area contributed by atoms with Crippen LogP contribution < -0.4 is 20.3 Å². The van der Waals surface area contributed by atoms with Crippen molar-refractivity contribution in [2.75, 3.05) is 23.4 Å². The summed E-state index contributed by atoms with van der Waals surface area (Å²) in [5, 5.41) is 4.39. The summed E-state index contributed by atoms with van der Waals surface area (Å²) in [5.41, 5.74) is -0.0156. The fourth-order valence-corrected chi connectivity index (χ4v) is 3.21. The lowest BCUT2D eigenvalue weighted by atomic mass is 9.94. The van der Waals surface area contributed by atoms with Gasteiger partial charge >= 0.3 is 12.2 Å². The van der Waals surface area contributed by atoms with Gasteiger partial charge in [0.05, 0.1) is 12.2 Å². The normalized spacial score (nSPS) is 14.8. The van der Waals surface area contributed by atoms with Gasteiger partial charge in [-0.1, -0.05) is 51.1 Å². The highest BCUT2D eigenvalue weighted by atomic mass is 19.4. The number of anilines is 2. The number of hydrogen-bond acceptors (Lipinski definition) is 3. The summed E-state index contributed by atoms with van der Waals surface area (Å²) in [7, 11) is 0. The Hall–Kier alpha value is -3.23. The molecule has 166 valence electrons. The molecule has 2 aromatic rings. The predicted octanol–water partition coefficient (Wildman–Crippen LogP) is 4.88. The number of carbonyl (C=O) groups excluding carboxylic acids is 2. The summed E-state index contributed by atoms with van der Waals surface area (Å²) in [4.78, 5) is 26.7. The number of nitrogens with one attached hydrogen (secondary N) is 2. The van der Waals surface area contributed by atoms with E-state index in [-0.39, 0.29) is 17.2 Å². The third kappa shape index (κ3) is 5.28. The van der Waals surface area contributed by atoms with E-state index >= 15 is 0 Å². The molecule has 3 amide bonds. The van der Waals surface area contributed by atoms with Crippen LogP contribution in [0, 0.1) is 5.41 Å². The quantitative estimate of drug-likeness (QED) is 0.722. The lowest BCUT2D eigenvalue weighted by Crippen LogP contribution is -2.44. The molecule has 0 fully saturated rings. The SMILES string of the molecule is CC(C)(C)C(=O)N1CCOc2ccc(NC(=O)NC(c3ccccc3)C(F)(F)F)cc21. The van der Waals surface area contributed by atoms with Crippen LogP contribution in [0.25, 0.3) is 0 Å². The second-order valence-electron chi connectivity index (χ2n) is 8.22. The van der Waals surface area contributed by atoms with Crippen molar-refractivity contribution in [3.05, 3.63) is 54.1 Å². The number of rotatable bonds is 3. The maximum atomic E-state index is 13.5. The molecule has 2 aromatic carbocycles. The average Bonchev–Trinajstić information content (AvgIpc) is 2.70. The molecule has 9 heteroatoms. The molecule has 1 unspecified atom stereocenters. The molecule has 31 heavy (non-hydrogen) atoms. The molecule has 0 spiro atoms. The van der Waals surface area contributed by atoms with Crippen LogP contribution in [0.4, 0.5) is 29.3 Å². The molecule has 0 saturated heterocycles. The molecule has 3 rings (SSSR count). The van der Waals surface area contributed by atoms with Crippen molar-refractivity contribution in [2.45, 2.75) is 33.0 Å². The highest BCUT2D eigenvalue weighted by Gasteiger charge is 2.42. The van der Waals surface area contributed by atoms with Crippen molar-refractivity contribution >= 4 is 23.3 Å². The van der Waals surface area contributed by atoms with Crippen molar-refractivity contribution < 1.29 is 27.5 Å². The van der Waals surface area contributed by atoms with E-state index in [1.165, 1.54) is 36.4 Å². The first-order valence-electron chi connectivity index (χ1n) is 9.75. The van der Waals surface area contributed by atoms with Crippen molar-refractivity contribution in [3.8, 4) is 5.75 Å². The number of benzene rings is 2. The smallest absolute Gasteiger partial charge is 0.412 e. The molecular formula is C22H24F3N3O3. The lowest BCUT2D eigenvalue weighted by molar-refractivity contribution is -0.154. The second-order valence-corrected chi connectivity index (χ2v) is 8.22. The Kier molecular flexibility index (Phi) is 6.15. The van der Waals surface area contributed by atoms with Gasteiger partial charge in [-0.05, 0) is 23.8 Å². The highest BCUT2D eigenvalue weighted by molar-refractivity contribution is 6.00. The van der Waals surface area contributed by atoms with E-state index in [1.54, 1.807) is 37.8 Å². The molecule has 1 heterocycles. The lowest BCUT2D eigenvalue weighted by Gasteiger charge is -2.34. The minimum atomic E-state index is -4.67. The minimum absolute atomic E-state index is 0.0778. The fourth-order valence-electron chi connectivity index (χ4n) is 3.21. The van der Waals surface area contributed by atoms with Gasteiger partial charge in [-0.2, -0.15) is 13.2 Å². The Morgan fingerprint density at radius 3 is 2.35 bits per heavy atom. The van der Waals surface area contributed by atoms with Gasteiger partial charge in [0.1, 0.15) is 12.4 Å². The molecular weight excluding hydrogens is 411 g/mol. The number of nitrogens with zero attached hydrogens (tertiary/aromatic N) is 1. The Morgan fingerprint density at radius 1 is 1.06 bits per heavy atom. The maximum absolute atomic E-state index is 13.5. The highest BCUT2D eigenvalue weighted by Crippen LogP contribution is 2.37. The molecule has 6 nitrogen and oxygen atoms in total. The molecule has 1 aliphatic rings. The predicted molar refractivity (Wildman–Crippen MR) is 111 cm³/mol. The Balaban J connectivity index is 1.80. The van der Waals surface area contributed by atoms with E-state index in [0.717, 1.165) is 0 Å². The summed E-state index contributed by atoms with van der Waals surface area (Å²) in [6, 6.07) is 8.55. The van der Waals surface area contributed by atoms with Crippen LogP contribution in [0.15, 0.2) is 48.5 Å². The first-order chi connectivity index (χ1) is 14.5. The first-order valence-corrected chi connectivity index (χ1v) is 9.75. The summed E-state index contributed by atoms with van der Waals surface area (Å²) in [6.45, 7) is 6.04. The average molecular weight is 435 g/mol. The van der Waals surface area contributed by atoms with E-state index in [4.69, 9.17) is 4.74 Å². The Bertz CT molecular complexity index is 956. The van der Waals surface area contributed by atoms with Gasteiger partial charge < -0.3 is 20.3 Å². The molecule has 0 saturated carbocycles. The minimum Gasteiger partial charge on any atom is -0.490 e. The zero-order valence-electron chi connectivity index (χ0n) is 17.4. The van der Waals surface area contributed by atoms with Gasteiger partial charge in [0.25, 0.3) is 0 Å². The van der Waals surface area contributed by atoms with Gasteiger partial charge in [0.2, 0.25) is 5.91 Å². The van der Waals surface area contributed by atoms with Gasteiger partial charge in [-0.3, -0.25) is 4.79 Å². The van der Waals surface area contributed by atoms with E-state index < -0.39 is 23.7 Å². The van der Waals surface area contributed by atoms with Crippen molar-refractivity contribution in [1.82, 2.24) is 5.32 Å². The molecule has 2 N–H and O–H groups in total. The van der Waals surface area contributed by atoms with Gasteiger partial charge in [0, 0.05) is 11.1 Å². The third-order valence-electron chi connectivity index (χ3n) is 4.70. The largest absolute Gasteiger partial charge is 0.490 e. The number of hydrogen-bond donors (Lipinski definition) is 2. The number of amides is 3. The molecule has 0 aliphatic carbocycles. The van der Waals surface area contributed by atoms with Gasteiger partial charge in [-0.25, -0.2) is 4.79 Å². The number of alkyl halides is 3. The van der Waals surface area contributed by atoms with E-state index in [1.807, 2.05) is 5.32 Å². The molecule has 1 aliphatic heterocycles. The van der Waals surface area contributed by atoms with Gasteiger partial charge in [-0.15, -0.1) is 0 Å². The summed E-state index contributed by atoms with van der Waals surface area (Å²) >= 11 is 0. The van der Waals surface area contributed by atoms with E-state index in [2.05, 4.69) is 5.32 Å². The van der Waals surface area contributed by atoms with Crippen molar-refractivity contribution in [1.29, 1.82) is 0 Å². The summed E-state index contributed by atoms with van der Waals surface area (Å²) in [5.74, 6) is 0.340. The Morgan fingerprint density at radius 2 is 1.74 bits per heavy atom. The van der Waals surface area contributed by atoms with Crippen LogP contribution in [-0.4, -0.2) is 31.3 Å². The third-order valence-corrected chi connectivity index (χ3v) is 4.70. The number of fused-ring (bicyclic) bond motifs is 1. The van der Waals surface area contributed by atoms with Crippen LogP contribution in [0.5, 0.6) is 5.75 Å². The van der Waals surface area contributed by atoms with Gasteiger partial charge in [0.15, 0.2) is 6.04 Å². The standard InChI is InChI=1S/C22H24F3N3O3/c1-21(2,3)19(29)28-11-12-31-17-10-9-15(13-16(17)28)26-20(30)27-18(22(23,24)25)14-7-5-4-6-8-14/h4-10,13,18H,11-12H2,1-3H3,(H2,26,27,30). The zero-order chi connectivity index (χ0) is 22.8. The molecule has 0 aromatic heterocycles.